The lowest BCUT2D eigenvalue weighted by atomic mass is 10.1. The molecule has 0 saturated heterocycles. The van der Waals surface area contributed by atoms with Gasteiger partial charge in [0.1, 0.15) is 17.1 Å². The third-order valence-electron chi connectivity index (χ3n) is 3.76. The zero-order chi connectivity index (χ0) is 19.1. The predicted octanol–water partition coefficient (Wildman–Crippen LogP) is -0.773. The van der Waals surface area contributed by atoms with Gasteiger partial charge in [-0.3, -0.25) is 9.59 Å². The van der Waals surface area contributed by atoms with E-state index in [1.165, 1.54) is 12.5 Å². The summed E-state index contributed by atoms with van der Waals surface area (Å²) in [7, 11) is 1.57. The number of benzene rings is 1. The van der Waals surface area contributed by atoms with Crippen molar-refractivity contribution in [1.82, 2.24) is 5.43 Å². The van der Waals surface area contributed by atoms with Gasteiger partial charge in [0.15, 0.2) is 12.4 Å². The predicted molar refractivity (Wildman–Crippen MR) is 97.7 cm³/mol. The highest BCUT2D eigenvalue weighted by atomic mass is 79.9. The quantitative estimate of drug-likeness (QED) is 0.225. The van der Waals surface area contributed by atoms with Gasteiger partial charge in [0.2, 0.25) is 12.3 Å². The number of halogens is 1. The van der Waals surface area contributed by atoms with E-state index in [4.69, 9.17) is 9.15 Å². The molecule has 2 aromatic heterocycles. The van der Waals surface area contributed by atoms with Crippen LogP contribution in [0.2, 0.25) is 0 Å². The molecule has 144 valence electrons. The summed E-state index contributed by atoms with van der Waals surface area (Å²) in [6, 6.07) is 13.7. The Labute approximate surface area is 172 Å². The molecule has 0 saturated carbocycles. The Balaban J connectivity index is 0.00000280. The van der Waals surface area contributed by atoms with Crippen LogP contribution in [0.4, 0.5) is 0 Å². The molecule has 0 atom stereocenters. The highest BCUT2D eigenvalue weighted by Gasteiger charge is 2.15. The van der Waals surface area contributed by atoms with Crippen LogP contribution in [-0.2, 0) is 6.54 Å². The Morgan fingerprint density at radius 3 is 2.61 bits per heavy atom. The number of furan rings is 1. The van der Waals surface area contributed by atoms with Crippen molar-refractivity contribution in [2.24, 2.45) is 5.10 Å². The molecule has 3 rings (SSSR count). The van der Waals surface area contributed by atoms with Crippen LogP contribution >= 0.6 is 0 Å². The molecule has 2 heterocycles. The van der Waals surface area contributed by atoms with Crippen molar-refractivity contribution >= 4 is 17.9 Å². The molecular weight excluding hydrogens is 426 g/mol. The van der Waals surface area contributed by atoms with Crippen LogP contribution in [0.25, 0.3) is 0 Å². The minimum Gasteiger partial charge on any atom is -1.00 e. The molecule has 0 aliphatic carbocycles. The van der Waals surface area contributed by atoms with Crippen molar-refractivity contribution in [3.63, 3.8) is 0 Å². The molecule has 3 aromatic rings. The monoisotopic (exact) mass is 443 g/mol. The first-order valence-electron chi connectivity index (χ1n) is 8.19. The van der Waals surface area contributed by atoms with Crippen molar-refractivity contribution in [2.45, 2.75) is 6.54 Å². The lowest BCUT2D eigenvalue weighted by Gasteiger charge is -2.02. The first kappa shape index (κ1) is 21.0. The highest BCUT2D eigenvalue weighted by Crippen LogP contribution is 2.11. The van der Waals surface area contributed by atoms with E-state index >= 15 is 0 Å². The number of carbonyl (C=O) groups excluding carboxylic acids is 2. The number of hydrogen-bond donors (Lipinski definition) is 1. The van der Waals surface area contributed by atoms with E-state index in [0.717, 1.165) is 0 Å². The van der Waals surface area contributed by atoms with E-state index in [0.29, 0.717) is 22.6 Å². The van der Waals surface area contributed by atoms with Gasteiger partial charge in [-0.05, 0) is 42.5 Å². The summed E-state index contributed by atoms with van der Waals surface area (Å²) >= 11 is 0. The van der Waals surface area contributed by atoms with E-state index in [-0.39, 0.29) is 35.2 Å². The molecule has 0 bridgehead atoms. The number of Topliss-reactive ketones (excluding diaryl/α,β-unsaturated/α-hetero) is 1. The fraction of sp³-hybridized carbons (Fsp3) is 0.100. The number of ether oxygens (including phenoxy) is 1. The van der Waals surface area contributed by atoms with Gasteiger partial charge in [-0.1, -0.05) is 0 Å². The number of amides is 1. The molecule has 8 heteroatoms. The molecule has 0 aliphatic heterocycles. The number of pyridine rings is 1. The molecule has 28 heavy (non-hydrogen) atoms. The SMILES string of the molecule is COc1ccc(C(=O)C[n+]2cccc(C(=O)N/N=C/c3ccco3)c2)cc1.[Br-]. The van der Waals surface area contributed by atoms with Gasteiger partial charge >= 0.3 is 0 Å². The summed E-state index contributed by atoms with van der Waals surface area (Å²) in [6.07, 6.45) is 6.24. The maximum atomic E-state index is 12.4. The van der Waals surface area contributed by atoms with Gasteiger partial charge in [0.05, 0.1) is 19.6 Å². The molecule has 1 amide bonds. The normalized spacial score (nSPS) is 10.3. The Bertz CT molecular complexity index is 954. The van der Waals surface area contributed by atoms with Crippen molar-refractivity contribution in [2.75, 3.05) is 7.11 Å². The van der Waals surface area contributed by atoms with Crippen LogP contribution in [-0.4, -0.2) is 25.0 Å². The minimum absolute atomic E-state index is 0. The number of hydrazone groups is 1. The third-order valence-corrected chi connectivity index (χ3v) is 3.76. The standard InChI is InChI=1S/C20H17N3O4.BrH/c1-26-17-8-6-15(7-9-17)19(24)14-23-10-2-4-16(13-23)20(25)22-21-12-18-5-3-11-27-18;/h2-13H,14H2,1H3;1H/b21-12+;. The molecule has 0 unspecified atom stereocenters. The molecule has 0 spiro atoms. The fourth-order valence-corrected chi connectivity index (χ4v) is 2.37. The average molecular weight is 444 g/mol. The van der Waals surface area contributed by atoms with E-state index < -0.39 is 0 Å². The number of methoxy groups -OCH3 is 1. The Morgan fingerprint density at radius 1 is 1.14 bits per heavy atom. The topological polar surface area (TPSA) is 84.8 Å². The second kappa shape index (κ2) is 10.2. The summed E-state index contributed by atoms with van der Waals surface area (Å²) in [5, 5.41) is 3.84. The molecule has 0 aliphatic rings. The summed E-state index contributed by atoms with van der Waals surface area (Å²) in [6.45, 7) is 0.114. The summed E-state index contributed by atoms with van der Waals surface area (Å²) in [5.41, 5.74) is 3.38. The smallest absolute Gasteiger partial charge is 0.277 e. The fourth-order valence-electron chi connectivity index (χ4n) is 2.37. The van der Waals surface area contributed by atoms with Crippen molar-refractivity contribution < 1.29 is 40.3 Å². The summed E-state index contributed by atoms with van der Waals surface area (Å²) < 4.78 is 11.8. The Kier molecular flexibility index (Phi) is 7.65. The van der Waals surface area contributed by atoms with E-state index in [1.807, 2.05) is 0 Å². The Morgan fingerprint density at radius 2 is 1.93 bits per heavy atom. The summed E-state index contributed by atoms with van der Waals surface area (Å²) in [4.78, 5) is 24.6. The van der Waals surface area contributed by atoms with Crippen LogP contribution in [0.3, 0.4) is 0 Å². The van der Waals surface area contributed by atoms with E-state index in [1.54, 1.807) is 72.6 Å². The Hall–Kier alpha value is -3.26. The molecule has 0 fully saturated rings. The van der Waals surface area contributed by atoms with Crippen LogP contribution in [0.5, 0.6) is 5.75 Å². The third kappa shape index (κ3) is 5.62. The molecular formula is C20H18BrN3O4. The van der Waals surface area contributed by atoms with Gasteiger partial charge in [0.25, 0.3) is 5.91 Å². The van der Waals surface area contributed by atoms with Crippen LogP contribution in [0.15, 0.2) is 76.7 Å². The maximum Gasteiger partial charge on any atom is 0.277 e. The lowest BCUT2D eigenvalue weighted by Crippen LogP contribution is -3.00. The van der Waals surface area contributed by atoms with Gasteiger partial charge < -0.3 is 26.1 Å². The second-order valence-corrected chi connectivity index (χ2v) is 5.63. The summed E-state index contributed by atoms with van der Waals surface area (Å²) in [5.74, 6) is 0.761. The molecule has 7 nitrogen and oxygen atoms in total. The molecule has 1 N–H and O–H groups in total. The number of aromatic nitrogens is 1. The largest absolute Gasteiger partial charge is 1.00 e. The van der Waals surface area contributed by atoms with Crippen molar-refractivity contribution in [3.05, 3.63) is 84.1 Å². The van der Waals surface area contributed by atoms with E-state index in [2.05, 4.69) is 10.5 Å². The molecule has 0 radical (unpaired) electrons. The number of ketones is 1. The average Bonchev–Trinajstić information content (AvgIpc) is 3.21. The maximum absolute atomic E-state index is 12.4. The molecule has 1 aromatic carbocycles. The second-order valence-electron chi connectivity index (χ2n) is 5.63. The van der Waals surface area contributed by atoms with Crippen LogP contribution < -0.4 is 31.7 Å². The number of rotatable bonds is 7. The first-order valence-corrected chi connectivity index (χ1v) is 8.19. The highest BCUT2D eigenvalue weighted by molar-refractivity contribution is 5.95. The van der Waals surface area contributed by atoms with Crippen molar-refractivity contribution in [3.8, 4) is 5.75 Å². The van der Waals surface area contributed by atoms with Gasteiger partial charge in [-0.15, -0.1) is 0 Å². The number of nitrogens with zero attached hydrogens (tertiary/aromatic N) is 2. The van der Waals surface area contributed by atoms with E-state index in [9.17, 15) is 9.59 Å². The number of carbonyl (C=O) groups is 2. The van der Waals surface area contributed by atoms with Crippen molar-refractivity contribution in [1.29, 1.82) is 0 Å². The van der Waals surface area contributed by atoms with Gasteiger partial charge in [0, 0.05) is 11.6 Å². The van der Waals surface area contributed by atoms with Crippen LogP contribution in [0, 0.1) is 0 Å². The number of nitrogens with one attached hydrogen (secondary N) is 1. The minimum atomic E-state index is -0.385. The van der Waals surface area contributed by atoms with Gasteiger partial charge in [-0.2, -0.15) is 9.67 Å². The number of hydrogen-bond acceptors (Lipinski definition) is 5. The first-order chi connectivity index (χ1) is 13.2. The van der Waals surface area contributed by atoms with Crippen LogP contribution in [0.1, 0.15) is 26.5 Å². The lowest BCUT2D eigenvalue weighted by molar-refractivity contribution is -0.683. The van der Waals surface area contributed by atoms with Gasteiger partial charge in [-0.25, -0.2) is 5.43 Å². The zero-order valence-electron chi connectivity index (χ0n) is 15.0. The zero-order valence-corrected chi connectivity index (χ0v) is 16.6.